The molecule has 4 N–H and O–H groups in total. The van der Waals surface area contributed by atoms with E-state index in [2.05, 4.69) is 16.0 Å². The van der Waals surface area contributed by atoms with E-state index in [-0.39, 0.29) is 48.9 Å². The van der Waals surface area contributed by atoms with Crippen LogP contribution < -0.4 is 20.7 Å². The Kier molecular flexibility index (Phi) is 6.88. The molecular formula is C26H30FN3O5. The highest BCUT2D eigenvalue weighted by atomic mass is 19.1. The average Bonchev–Trinajstić information content (AvgIpc) is 3.47. The van der Waals surface area contributed by atoms with Crippen LogP contribution in [0.4, 0.5) is 20.6 Å². The highest BCUT2D eigenvalue weighted by Crippen LogP contribution is 2.47. The lowest BCUT2D eigenvalue weighted by Gasteiger charge is -2.37. The molecule has 3 amide bonds. The topological polar surface area (TPSA) is 109 Å². The second-order valence-electron chi connectivity index (χ2n) is 9.50. The lowest BCUT2D eigenvalue weighted by Crippen LogP contribution is -2.47. The maximum absolute atomic E-state index is 13.1. The first-order valence-electron chi connectivity index (χ1n) is 12.2. The summed E-state index contributed by atoms with van der Waals surface area (Å²) in [5.74, 6) is 0.213. The Balaban J connectivity index is 1.25. The zero-order valence-electron chi connectivity index (χ0n) is 19.3. The number of carbonyl (C=O) groups is 2. The van der Waals surface area contributed by atoms with Crippen molar-refractivity contribution < 1.29 is 28.6 Å². The van der Waals surface area contributed by atoms with Gasteiger partial charge in [-0.05, 0) is 61.7 Å². The van der Waals surface area contributed by atoms with Gasteiger partial charge in [0.25, 0.3) is 0 Å². The van der Waals surface area contributed by atoms with E-state index in [9.17, 15) is 19.1 Å². The van der Waals surface area contributed by atoms with E-state index in [1.807, 2.05) is 6.07 Å². The number of aliphatic hydroxyl groups excluding tert-OH is 1. The van der Waals surface area contributed by atoms with E-state index in [0.717, 1.165) is 31.2 Å². The highest BCUT2D eigenvalue weighted by molar-refractivity contribution is 5.99. The molecule has 1 saturated heterocycles. The first kappa shape index (κ1) is 23.6. The zero-order chi connectivity index (χ0) is 24.4. The molecule has 2 aromatic rings. The van der Waals surface area contributed by atoms with Crippen molar-refractivity contribution in [3.63, 3.8) is 0 Å². The van der Waals surface area contributed by atoms with Gasteiger partial charge in [0.05, 0.1) is 19.1 Å². The fourth-order valence-corrected chi connectivity index (χ4v) is 5.36. The van der Waals surface area contributed by atoms with Crippen LogP contribution in [0, 0.1) is 5.82 Å². The predicted octanol–water partition coefficient (Wildman–Crippen LogP) is 3.91. The van der Waals surface area contributed by atoms with E-state index in [0.29, 0.717) is 23.5 Å². The number of nitrogens with one attached hydrogen (secondary N) is 3. The van der Waals surface area contributed by atoms with Crippen LogP contribution in [0.1, 0.15) is 50.0 Å². The number of hydrogen-bond acceptors (Lipinski definition) is 5. The molecule has 0 spiro atoms. The van der Waals surface area contributed by atoms with Crippen molar-refractivity contribution in [2.24, 2.45) is 0 Å². The normalized spacial score (nSPS) is 25.3. The van der Waals surface area contributed by atoms with Crippen LogP contribution in [0.3, 0.4) is 0 Å². The van der Waals surface area contributed by atoms with Crippen molar-refractivity contribution in [2.75, 3.05) is 17.2 Å². The molecule has 186 valence electrons. The number of halogens is 1. The summed E-state index contributed by atoms with van der Waals surface area (Å²) in [6.45, 7) is -0.207. The van der Waals surface area contributed by atoms with Gasteiger partial charge in [0.1, 0.15) is 23.8 Å². The van der Waals surface area contributed by atoms with E-state index in [1.54, 1.807) is 12.1 Å². The van der Waals surface area contributed by atoms with Crippen molar-refractivity contribution in [1.82, 2.24) is 5.32 Å². The van der Waals surface area contributed by atoms with E-state index >= 15 is 0 Å². The van der Waals surface area contributed by atoms with Crippen molar-refractivity contribution in [2.45, 2.75) is 68.8 Å². The van der Waals surface area contributed by atoms with Gasteiger partial charge in [-0.25, -0.2) is 9.18 Å². The van der Waals surface area contributed by atoms with Gasteiger partial charge in [0.2, 0.25) is 5.91 Å². The van der Waals surface area contributed by atoms with Gasteiger partial charge in [-0.15, -0.1) is 0 Å². The first-order chi connectivity index (χ1) is 17.0. The molecule has 0 radical (unpaired) electrons. The van der Waals surface area contributed by atoms with Crippen molar-refractivity contribution in [1.29, 1.82) is 0 Å². The summed E-state index contributed by atoms with van der Waals surface area (Å²) in [6, 6.07) is 10.7. The van der Waals surface area contributed by atoms with Gasteiger partial charge in [0, 0.05) is 28.9 Å². The van der Waals surface area contributed by atoms with Crippen LogP contribution >= 0.6 is 0 Å². The Bertz CT molecular complexity index is 1070. The quantitative estimate of drug-likeness (QED) is 0.498. The molecule has 0 aromatic heterocycles. The third kappa shape index (κ3) is 5.41. The predicted molar refractivity (Wildman–Crippen MR) is 128 cm³/mol. The number of fused-ring (bicyclic) bond motifs is 3. The number of amides is 3. The number of carbonyl (C=O) groups excluding carboxylic acids is 2. The summed E-state index contributed by atoms with van der Waals surface area (Å²) in [5, 5.41) is 18.5. The summed E-state index contributed by atoms with van der Waals surface area (Å²) in [4.78, 5) is 25.0. The Morgan fingerprint density at radius 3 is 2.49 bits per heavy atom. The van der Waals surface area contributed by atoms with Crippen LogP contribution in [0.5, 0.6) is 5.75 Å². The SMILES string of the molecule is O=C(C[C@H]1C[C@@H]2c3cc(NC(=O)Nc4ccc(F)cc4)ccc3O[C@@H]2[C@H](CO)O1)NC1CCCC1. The third-order valence-corrected chi connectivity index (χ3v) is 6.99. The number of ether oxygens (including phenoxy) is 2. The number of aliphatic hydroxyl groups is 1. The Hall–Kier alpha value is -3.17. The second kappa shape index (κ2) is 10.2. The number of rotatable bonds is 6. The summed E-state index contributed by atoms with van der Waals surface area (Å²) in [5.41, 5.74) is 1.97. The molecular weight excluding hydrogens is 453 g/mol. The van der Waals surface area contributed by atoms with E-state index in [1.165, 1.54) is 24.3 Å². The lowest BCUT2D eigenvalue weighted by molar-refractivity contribution is -0.142. The molecule has 8 nitrogen and oxygen atoms in total. The summed E-state index contributed by atoms with van der Waals surface area (Å²) >= 11 is 0. The van der Waals surface area contributed by atoms with Crippen molar-refractivity contribution >= 4 is 23.3 Å². The molecule has 1 aliphatic carbocycles. The average molecular weight is 484 g/mol. The summed E-state index contributed by atoms with van der Waals surface area (Å²) < 4.78 is 25.2. The first-order valence-corrected chi connectivity index (χ1v) is 12.2. The summed E-state index contributed by atoms with van der Waals surface area (Å²) in [7, 11) is 0. The maximum atomic E-state index is 13.1. The lowest BCUT2D eigenvalue weighted by atomic mass is 9.84. The molecule has 3 aliphatic rings. The largest absolute Gasteiger partial charge is 0.487 e. The van der Waals surface area contributed by atoms with Crippen molar-refractivity contribution in [3.8, 4) is 5.75 Å². The Morgan fingerprint density at radius 2 is 1.74 bits per heavy atom. The van der Waals surface area contributed by atoms with E-state index in [4.69, 9.17) is 9.47 Å². The fraction of sp³-hybridized carbons (Fsp3) is 0.462. The molecule has 2 aromatic carbocycles. The number of urea groups is 1. The minimum atomic E-state index is -0.538. The molecule has 0 bridgehead atoms. The molecule has 9 heteroatoms. The Labute approximate surface area is 203 Å². The molecule has 0 unspecified atom stereocenters. The standard InChI is InChI=1S/C26H30FN3O5/c27-15-5-7-17(8-6-15)29-26(33)30-18-9-10-22-20(11-18)21-12-19(34-23(14-31)25(21)35-22)13-24(32)28-16-3-1-2-4-16/h5-11,16,19,21,23,25,31H,1-4,12-14H2,(H,28,32)(H2,29,30,33)/t19-,21-,23+,25+/m1/s1. The molecule has 2 fully saturated rings. The highest BCUT2D eigenvalue weighted by Gasteiger charge is 2.46. The van der Waals surface area contributed by atoms with Gasteiger partial charge in [0.15, 0.2) is 0 Å². The smallest absolute Gasteiger partial charge is 0.323 e. The minimum Gasteiger partial charge on any atom is -0.487 e. The third-order valence-electron chi connectivity index (χ3n) is 6.99. The Morgan fingerprint density at radius 1 is 1.03 bits per heavy atom. The van der Waals surface area contributed by atoms with Gasteiger partial charge >= 0.3 is 6.03 Å². The van der Waals surface area contributed by atoms with Gasteiger partial charge < -0.3 is 30.5 Å². The van der Waals surface area contributed by atoms with Crippen molar-refractivity contribution in [3.05, 3.63) is 53.8 Å². The minimum absolute atomic E-state index is 0.0240. The maximum Gasteiger partial charge on any atom is 0.323 e. The van der Waals surface area contributed by atoms with E-state index < -0.39 is 12.1 Å². The van der Waals surface area contributed by atoms with Crippen LogP contribution in [-0.2, 0) is 9.53 Å². The molecule has 5 rings (SSSR count). The summed E-state index contributed by atoms with van der Waals surface area (Å²) in [6.07, 6.45) is 3.93. The monoisotopic (exact) mass is 483 g/mol. The number of anilines is 2. The molecule has 4 atom stereocenters. The van der Waals surface area contributed by atoms with Gasteiger partial charge in [-0.2, -0.15) is 0 Å². The molecule has 2 heterocycles. The number of benzene rings is 2. The fourth-order valence-electron chi connectivity index (χ4n) is 5.36. The van der Waals surface area contributed by atoms with Crippen LogP contribution in [0.2, 0.25) is 0 Å². The zero-order valence-corrected chi connectivity index (χ0v) is 19.3. The van der Waals surface area contributed by atoms with Gasteiger partial charge in [-0.1, -0.05) is 12.8 Å². The molecule has 2 aliphatic heterocycles. The van der Waals surface area contributed by atoms with Crippen LogP contribution in [-0.4, -0.2) is 48.0 Å². The van der Waals surface area contributed by atoms with Gasteiger partial charge in [-0.3, -0.25) is 4.79 Å². The number of hydrogen-bond donors (Lipinski definition) is 4. The second-order valence-corrected chi connectivity index (χ2v) is 9.50. The van der Waals surface area contributed by atoms with Crippen LogP contribution in [0.15, 0.2) is 42.5 Å². The molecule has 1 saturated carbocycles. The van der Waals surface area contributed by atoms with Crippen LogP contribution in [0.25, 0.3) is 0 Å². The molecule has 35 heavy (non-hydrogen) atoms.